The van der Waals surface area contributed by atoms with Crippen molar-refractivity contribution in [1.82, 2.24) is 10.6 Å². The molecule has 1 aromatic heterocycles. The van der Waals surface area contributed by atoms with Crippen molar-refractivity contribution >= 4 is 15.8 Å². The minimum absolute atomic E-state index is 0.170. The van der Waals surface area contributed by atoms with E-state index in [4.69, 9.17) is 4.42 Å². The van der Waals surface area contributed by atoms with Crippen LogP contribution >= 0.6 is 0 Å². The van der Waals surface area contributed by atoms with Crippen molar-refractivity contribution in [2.45, 2.75) is 32.9 Å². The second-order valence-electron chi connectivity index (χ2n) is 5.75. The molecular formula is C14H23N3O3S. The molecule has 1 saturated heterocycles. The number of guanidine groups is 1. The number of nitrogens with zero attached hydrogens (tertiary/aromatic N) is 1. The Kier molecular flexibility index (Phi) is 5.27. The van der Waals surface area contributed by atoms with E-state index in [0.717, 1.165) is 12.0 Å². The molecule has 2 rings (SSSR count). The smallest absolute Gasteiger partial charge is 0.191 e. The van der Waals surface area contributed by atoms with Crippen LogP contribution in [0.1, 0.15) is 25.8 Å². The Hall–Kier alpha value is -1.50. The molecule has 6 nitrogen and oxygen atoms in total. The van der Waals surface area contributed by atoms with E-state index in [2.05, 4.69) is 15.6 Å². The van der Waals surface area contributed by atoms with Crippen LogP contribution in [0.25, 0.3) is 0 Å². The van der Waals surface area contributed by atoms with Crippen molar-refractivity contribution in [3.63, 3.8) is 0 Å². The van der Waals surface area contributed by atoms with E-state index in [0.29, 0.717) is 24.8 Å². The van der Waals surface area contributed by atoms with Gasteiger partial charge in [0, 0.05) is 18.2 Å². The fourth-order valence-corrected chi connectivity index (χ4v) is 4.11. The fourth-order valence-electron chi connectivity index (χ4n) is 2.25. The highest BCUT2D eigenvalue weighted by Gasteiger charge is 2.27. The summed E-state index contributed by atoms with van der Waals surface area (Å²) in [6.45, 7) is 5.23. The van der Waals surface area contributed by atoms with Gasteiger partial charge in [-0.15, -0.1) is 0 Å². The Bertz CT molecular complexity index is 564. The highest BCUT2D eigenvalue weighted by molar-refractivity contribution is 7.91. The maximum absolute atomic E-state index is 11.5. The van der Waals surface area contributed by atoms with Gasteiger partial charge >= 0.3 is 0 Å². The normalized spacial score (nSPS) is 21.7. The van der Waals surface area contributed by atoms with E-state index in [1.807, 2.05) is 19.9 Å². The molecule has 0 amide bonds. The van der Waals surface area contributed by atoms with Gasteiger partial charge in [-0.1, -0.05) is 0 Å². The van der Waals surface area contributed by atoms with Crippen molar-refractivity contribution in [1.29, 1.82) is 0 Å². The van der Waals surface area contributed by atoms with Crippen LogP contribution in [-0.2, 0) is 16.4 Å². The summed E-state index contributed by atoms with van der Waals surface area (Å²) in [5.41, 5.74) is 1.00. The first-order chi connectivity index (χ1) is 9.94. The molecule has 1 fully saturated rings. The molecule has 0 spiro atoms. The minimum Gasteiger partial charge on any atom is -0.472 e. The van der Waals surface area contributed by atoms with Gasteiger partial charge < -0.3 is 15.1 Å². The van der Waals surface area contributed by atoms with E-state index in [-0.39, 0.29) is 17.7 Å². The molecule has 1 unspecified atom stereocenters. The second kappa shape index (κ2) is 6.98. The molecule has 0 aromatic carbocycles. The molecule has 118 valence electrons. The molecule has 2 N–H and O–H groups in total. The number of hydrogen-bond acceptors (Lipinski definition) is 4. The zero-order valence-corrected chi connectivity index (χ0v) is 13.3. The molecule has 0 radical (unpaired) electrons. The predicted octanol–water partition coefficient (Wildman–Crippen LogP) is 1.16. The first kappa shape index (κ1) is 15.9. The van der Waals surface area contributed by atoms with Gasteiger partial charge in [0.05, 0.1) is 30.6 Å². The van der Waals surface area contributed by atoms with Gasteiger partial charge in [-0.25, -0.2) is 13.4 Å². The second-order valence-corrected chi connectivity index (χ2v) is 7.97. The Balaban J connectivity index is 1.88. The highest BCUT2D eigenvalue weighted by atomic mass is 32.2. The molecule has 2 heterocycles. The molecule has 1 aliphatic rings. The molecule has 7 heteroatoms. The van der Waals surface area contributed by atoms with Crippen LogP contribution < -0.4 is 10.6 Å². The maximum atomic E-state index is 11.5. The van der Waals surface area contributed by atoms with Crippen molar-refractivity contribution < 1.29 is 12.8 Å². The largest absolute Gasteiger partial charge is 0.472 e. The zero-order valence-electron chi connectivity index (χ0n) is 12.5. The average molecular weight is 313 g/mol. The van der Waals surface area contributed by atoms with E-state index >= 15 is 0 Å². The predicted molar refractivity (Wildman–Crippen MR) is 82.9 cm³/mol. The highest BCUT2D eigenvalue weighted by Crippen LogP contribution is 2.17. The third-order valence-electron chi connectivity index (χ3n) is 3.31. The summed E-state index contributed by atoms with van der Waals surface area (Å²) in [5.74, 6) is 1.45. The molecule has 1 atom stereocenters. The van der Waals surface area contributed by atoms with Crippen LogP contribution in [0.2, 0.25) is 0 Å². The SMILES string of the molecule is CC(C)NC(=NCc1ccoc1)NCC1CCS(=O)(=O)C1. The molecule has 1 aromatic rings. The van der Waals surface area contributed by atoms with Gasteiger partial charge in [-0.2, -0.15) is 0 Å². The van der Waals surface area contributed by atoms with Crippen molar-refractivity contribution in [2.24, 2.45) is 10.9 Å². The average Bonchev–Trinajstić information content (AvgIpc) is 3.01. The first-order valence-electron chi connectivity index (χ1n) is 7.21. The molecule has 1 aliphatic heterocycles. The summed E-state index contributed by atoms with van der Waals surface area (Å²) in [7, 11) is -2.83. The van der Waals surface area contributed by atoms with E-state index < -0.39 is 9.84 Å². The number of nitrogens with one attached hydrogen (secondary N) is 2. The first-order valence-corrected chi connectivity index (χ1v) is 9.03. The van der Waals surface area contributed by atoms with Crippen LogP contribution in [0.3, 0.4) is 0 Å². The Morgan fingerprint density at radius 1 is 1.52 bits per heavy atom. The summed E-state index contributed by atoms with van der Waals surface area (Å²) >= 11 is 0. The topological polar surface area (TPSA) is 83.7 Å². The lowest BCUT2D eigenvalue weighted by Gasteiger charge is -2.17. The molecule has 0 saturated carbocycles. The third kappa shape index (κ3) is 5.41. The number of sulfone groups is 1. The summed E-state index contributed by atoms with van der Waals surface area (Å²) in [5, 5.41) is 6.48. The van der Waals surface area contributed by atoms with E-state index in [1.165, 1.54) is 0 Å². The third-order valence-corrected chi connectivity index (χ3v) is 5.15. The maximum Gasteiger partial charge on any atom is 0.191 e. The zero-order chi connectivity index (χ0) is 15.3. The quantitative estimate of drug-likeness (QED) is 0.629. The molecule has 0 aliphatic carbocycles. The van der Waals surface area contributed by atoms with Crippen LogP contribution in [0, 0.1) is 5.92 Å². The van der Waals surface area contributed by atoms with Gasteiger partial charge in [0.25, 0.3) is 0 Å². The summed E-state index contributed by atoms with van der Waals surface area (Å²) < 4.78 is 27.9. The molecule has 0 bridgehead atoms. The molecule has 21 heavy (non-hydrogen) atoms. The van der Waals surface area contributed by atoms with Crippen LogP contribution in [0.15, 0.2) is 28.0 Å². The monoisotopic (exact) mass is 313 g/mol. The summed E-state index contributed by atoms with van der Waals surface area (Å²) in [4.78, 5) is 4.49. The summed E-state index contributed by atoms with van der Waals surface area (Å²) in [6.07, 6.45) is 4.02. The van der Waals surface area contributed by atoms with Crippen molar-refractivity contribution in [2.75, 3.05) is 18.1 Å². The lowest BCUT2D eigenvalue weighted by Crippen LogP contribution is -2.43. The Morgan fingerprint density at radius 2 is 2.33 bits per heavy atom. The van der Waals surface area contributed by atoms with Gasteiger partial charge in [-0.3, -0.25) is 0 Å². The Morgan fingerprint density at radius 3 is 2.90 bits per heavy atom. The number of hydrogen-bond donors (Lipinski definition) is 2. The van der Waals surface area contributed by atoms with Gasteiger partial charge in [0.15, 0.2) is 15.8 Å². The number of rotatable bonds is 5. The number of aliphatic imine (C=N–C) groups is 1. The van der Waals surface area contributed by atoms with Gasteiger partial charge in [-0.05, 0) is 32.3 Å². The number of furan rings is 1. The fraction of sp³-hybridized carbons (Fsp3) is 0.643. The van der Waals surface area contributed by atoms with E-state index in [1.54, 1.807) is 12.5 Å². The van der Waals surface area contributed by atoms with Crippen molar-refractivity contribution in [3.05, 3.63) is 24.2 Å². The summed E-state index contributed by atoms with van der Waals surface area (Å²) in [6, 6.07) is 2.13. The van der Waals surface area contributed by atoms with Crippen LogP contribution in [0.4, 0.5) is 0 Å². The lowest BCUT2D eigenvalue weighted by atomic mass is 10.1. The minimum atomic E-state index is -2.83. The van der Waals surface area contributed by atoms with Crippen LogP contribution in [-0.4, -0.2) is 38.5 Å². The van der Waals surface area contributed by atoms with Crippen molar-refractivity contribution in [3.8, 4) is 0 Å². The van der Waals surface area contributed by atoms with Gasteiger partial charge in [0.2, 0.25) is 0 Å². The standard InChI is InChI=1S/C14H23N3O3S/c1-11(2)17-14(15-7-12-3-5-20-9-12)16-8-13-4-6-21(18,19)10-13/h3,5,9,11,13H,4,6-8,10H2,1-2H3,(H2,15,16,17). The van der Waals surface area contributed by atoms with Crippen LogP contribution in [0.5, 0.6) is 0 Å². The Labute approximate surface area is 125 Å². The van der Waals surface area contributed by atoms with E-state index in [9.17, 15) is 8.42 Å². The van der Waals surface area contributed by atoms with Gasteiger partial charge in [0.1, 0.15) is 0 Å². The molecular weight excluding hydrogens is 290 g/mol. The lowest BCUT2D eigenvalue weighted by molar-refractivity contribution is 0.560.